The molecule has 1 N–H and O–H groups in total. The molecule has 0 saturated heterocycles. The molecule has 0 radical (unpaired) electrons. The molecule has 0 unspecified atom stereocenters. The van der Waals surface area contributed by atoms with Gasteiger partial charge in [0.25, 0.3) is 5.56 Å². The third kappa shape index (κ3) is 2.38. The number of aryl methyl sites for hydroxylation is 2. The first-order chi connectivity index (χ1) is 9.49. The van der Waals surface area contributed by atoms with E-state index in [1.165, 1.54) is 18.4 Å². The first kappa shape index (κ1) is 14.5. The quantitative estimate of drug-likeness (QED) is 0.882. The second-order valence-electron chi connectivity index (χ2n) is 4.45. The highest BCUT2D eigenvalue weighted by molar-refractivity contribution is 7.12. The number of carbonyl (C=O) groups excluding carboxylic acids is 1. The number of aromatic nitrogens is 2. The van der Waals surface area contributed by atoms with Gasteiger partial charge in [-0.3, -0.25) is 4.79 Å². The van der Waals surface area contributed by atoms with E-state index in [-0.39, 0.29) is 5.56 Å². The second-order valence-corrected chi connectivity index (χ2v) is 5.33. The van der Waals surface area contributed by atoms with Gasteiger partial charge in [0.05, 0.1) is 12.8 Å². The maximum absolute atomic E-state index is 12.0. The molecule has 5 nitrogen and oxygen atoms in total. The fourth-order valence-electron chi connectivity index (χ4n) is 1.97. The largest absolute Gasteiger partial charge is 0.465 e. The standard InChI is InChI=1S/C14H16N2O3S/c1-5-9-15-11(8(3)13(17)16-9)10-7(2)6-20-12(10)14(18)19-4/h6H,5H2,1-4H3,(H,15,16,17). The molecule has 0 amide bonds. The third-order valence-electron chi connectivity index (χ3n) is 3.12. The molecule has 0 atom stereocenters. The van der Waals surface area contributed by atoms with Crippen LogP contribution in [0.2, 0.25) is 0 Å². The van der Waals surface area contributed by atoms with Crippen LogP contribution < -0.4 is 5.56 Å². The number of nitrogens with zero attached hydrogens (tertiary/aromatic N) is 1. The molecule has 0 aromatic carbocycles. The van der Waals surface area contributed by atoms with Crippen molar-refractivity contribution < 1.29 is 9.53 Å². The summed E-state index contributed by atoms with van der Waals surface area (Å²) in [6.45, 7) is 5.52. The predicted molar refractivity (Wildman–Crippen MR) is 78.4 cm³/mol. The van der Waals surface area contributed by atoms with Gasteiger partial charge in [0.1, 0.15) is 10.7 Å². The summed E-state index contributed by atoms with van der Waals surface area (Å²) in [7, 11) is 1.34. The monoisotopic (exact) mass is 292 g/mol. The molecule has 0 aliphatic heterocycles. The summed E-state index contributed by atoms with van der Waals surface area (Å²) in [6, 6.07) is 0. The number of rotatable bonds is 3. The zero-order valence-corrected chi connectivity index (χ0v) is 12.7. The summed E-state index contributed by atoms with van der Waals surface area (Å²) < 4.78 is 4.80. The van der Waals surface area contributed by atoms with Crippen molar-refractivity contribution in [1.29, 1.82) is 0 Å². The van der Waals surface area contributed by atoms with Crippen LogP contribution in [0.3, 0.4) is 0 Å². The molecule has 106 valence electrons. The van der Waals surface area contributed by atoms with Crippen LogP contribution in [0.15, 0.2) is 10.2 Å². The summed E-state index contributed by atoms with van der Waals surface area (Å²) in [5.41, 5.74) is 2.51. The Morgan fingerprint density at radius 1 is 1.45 bits per heavy atom. The normalized spacial score (nSPS) is 10.6. The van der Waals surface area contributed by atoms with Gasteiger partial charge >= 0.3 is 5.97 Å². The Kier molecular flexibility index (Phi) is 4.04. The van der Waals surface area contributed by atoms with Crippen LogP contribution in [0.4, 0.5) is 0 Å². The summed E-state index contributed by atoms with van der Waals surface area (Å²) in [4.78, 5) is 31.5. The molecule has 0 aliphatic carbocycles. The van der Waals surface area contributed by atoms with Crippen LogP contribution in [0, 0.1) is 13.8 Å². The zero-order valence-electron chi connectivity index (χ0n) is 11.9. The molecular formula is C14H16N2O3S. The van der Waals surface area contributed by atoms with Crippen molar-refractivity contribution in [1.82, 2.24) is 9.97 Å². The molecule has 0 spiro atoms. The van der Waals surface area contributed by atoms with Crippen LogP contribution in [0.1, 0.15) is 33.5 Å². The van der Waals surface area contributed by atoms with E-state index in [4.69, 9.17) is 4.74 Å². The number of aromatic amines is 1. The van der Waals surface area contributed by atoms with Gasteiger partial charge in [0.2, 0.25) is 0 Å². The molecule has 0 fully saturated rings. The van der Waals surface area contributed by atoms with E-state index in [2.05, 4.69) is 9.97 Å². The maximum atomic E-state index is 12.0. The van der Waals surface area contributed by atoms with E-state index in [0.717, 1.165) is 5.56 Å². The topological polar surface area (TPSA) is 72.0 Å². The van der Waals surface area contributed by atoms with Crippen molar-refractivity contribution >= 4 is 17.3 Å². The Morgan fingerprint density at radius 3 is 2.75 bits per heavy atom. The summed E-state index contributed by atoms with van der Waals surface area (Å²) in [6.07, 6.45) is 0.624. The van der Waals surface area contributed by atoms with Gasteiger partial charge in [0.15, 0.2) is 0 Å². The highest BCUT2D eigenvalue weighted by Gasteiger charge is 2.22. The minimum Gasteiger partial charge on any atom is -0.465 e. The van der Waals surface area contributed by atoms with Crippen molar-refractivity contribution in [2.45, 2.75) is 27.2 Å². The van der Waals surface area contributed by atoms with Gasteiger partial charge in [-0.2, -0.15) is 0 Å². The molecule has 2 aromatic rings. The average molecular weight is 292 g/mol. The van der Waals surface area contributed by atoms with Crippen molar-refractivity contribution in [3.63, 3.8) is 0 Å². The molecule has 20 heavy (non-hydrogen) atoms. The van der Waals surface area contributed by atoms with Gasteiger partial charge in [-0.05, 0) is 24.8 Å². The van der Waals surface area contributed by atoms with Crippen molar-refractivity contribution in [3.05, 3.63) is 37.6 Å². The number of hydrogen-bond acceptors (Lipinski definition) is 5. The minimum absolute atomic E-state index is 0.173. The van der Waals surface area contributed by atoms with E-state index in [1.54, 1.807) is 6.92 Å². The van der Waals surface area contributed by atoms with Crippen molar-refractivity contribution in [2.75, 3.05) is 7.11 Å². The molecular weight excluding hydrogens is 276 g/mol. The minimum atomic E-state index is -0.405. The average Bonchev–Trinajstić information content (AvgIpc) is 2.82. The van der Waals surface area contributed by atoms with Gasteiger partial charge in [-0.25, -0.2) is 9.78 Å². The van der Waals surface area contributed by atoms with Crippen LogP contribution in [0.25, 0.3) is 11.3 Å². The first-order valence-corrected chi connectivity index (χ1v) is 7.14. The lowest BCUT2D eigenvalue weighted by atomic mass is 10.0. The third-order valence-corrected chi connectivity index (χ3v) is 4.20. The van der Waals surface area contributed by atoms with Crippen LogP contribution >= 0.6 is 11.3 Å². The zero-order chi connectivity index (χ0) is 14.9. The number of H-pyrrole nitrogens is 1. The predicted octanol–water partition coefficient (Wildman–Crippen LogP) is 2.46. The van der Waals surface area contributed by atoms with Gasteiger partial charge in [-0.15, -0.1) is 11.3 Å². The number of hydrogen-bond donors (Lipinski definition) is 1. The van der Waals surface area contributed by atoms with Gasteiger partial charge in [0, 0.05) is 17.5 Å². The number of carbonyl (C=O) groups is 1. The summed E-state index contributed by atoms with van der Waals surface area (Å²) >= 11 is 1.30. The fraction of sp³-hybridized carbons (Fsp3) is 0.357. The number of thiophene rings is 1. The van der Waals surface area contributed by atoms with E-state index < -0.39 is 5.97 Å². The van der Waals surface area contributed by atoms with E-state index in [9.17, 15) is 9.59 Å². The highest BCUT2D eigenvalue weighted by atomic mass is 32.1. The highest BCUT2D eigenvalue weighted by Crippen LogP contribution is 2.32. The molecule has 2 rings (SSSR count). The van der Waals surface area contributed by atoms with Gasteiger partial charge < -0.3 is 9.72 Å². The molecule has 2 aromatic heterocycles. The first-order valence-electron chi connectivity index (χ1n) is 6.26. The van der Waals surface area contributed by atoms with Crippen LogP contribution in [-0.4, -0.2) is 23.0 Å². The van der Waals surface area contributed by atoms with Crippen LogP contribution in [-0.2, 0) is 11.2 Å². The Bertz CT molecular complexity index is 716. The van der Waals surface area contributed by atoms with Crippen molar-refractivity contribution in [3.8, 4) is 11.3 Å². The summed E-state index contributed by atoms with van der Waals surface area (Å²) in [5.74, 6) is 0.203. The molecule has 0 aliphatic rings. The fourth-order valence-corrected chi connectivity index (χ4v) is 2.94. The van der Waals surface area contributed by atoms with Crippen molar-refractivity contribution in [2.24, 2.45) is 0 Å². The Hall–Kier alpha value is -1.95. The smallest absolute Gasteiger partial charge is 0.348 e. The maximum Gasteiger partial charge on any atom is 0.348 e. The lowest BCUT2D eigenvalue weighted by molar-refractivity contribution is 0.0607. The second kappa shape index (κ2) is 5.58. The number of nitrogens with one attached hydrogen (secondary N) is 1. The van der Waals surface area contributed by atoms with E-state index in [1.807, 2.05) is 19.2 Å². The lowest BCUT2D eigenvalue weighted by Gasteiger charge is -2.08. The number of ether oxygens (including phenoxy) is 1. The van der Waals surface area contributed by atoms with Crippen LogP contribution in [0.5, 0.6) is 0 Å². The van der Waals surface area contributed by atoms with E-state index in [0.29, 0.717) is 33.9 Å². The lowest BCUT2D eigenvalue weighted by Crippen LogP contribution is -2.16. The molecule has 0 bridgehead atoms. The Labute approximate surface area is 120 Å². The van der Waals surface area contributed by atoms with Gasteiger partial charge in [-0.1, -0.05) is 6.92 Å². The molecule has 2 heterocycles. The molecule has 6 heteroatoms. The number of esters is 1. The Balaban J connectivity index is 2.74. The number of methoxy groups -OCH3 is 1. The Morgan fingerprint density at radius 2 is 2.15 bits per heavy atom. The SMILES string of the molecule is CCc1nc(-c2c(C)csc2C(=O)OC)c(C)c(=O)[nH]1. The summed E-state index contributed by atoms with van der Waals surface area (Å²) in [5, 5.41) is 1.87. The molecule has 0 saturated carbocycles. The van der Waals surface area contributed by atoms with E-state index >= 15 is 0 Å².